The van der Waals surface area contributed by atoms with Crippen molar-refractivity contribution in [1.29, 1.82) is 5.41 Å². The predicted octanol–water partition coefficient (Wildman–Crippen LogP) is 1.92. The Balaban J connectivity index is 2.38. The molecule has 0 amide bonds. The Labute approximate surface area is 94.4 Å². The second-order valence-electron chi connectivity index (χ2n) is 3.86. The Morgan fingerprint density at radius 2 is 2.13 bits per heavy atom. The fourth-order valence-electron chi connectivity index (χ4n) is 2.09. The van der Waals surface area contributed by atoms with Crippen LogP contribution >= 0.6 is 11.6 Å². The molecule has 1 aliphatic rings. The van der Waals surface area contributed by atoms with Gasteiger partial charge < -0.3 is 5.32 Å². The van der Waals surface area contributed by atoms with Gasteiger partial charge in [-0.25, -0.2) is 0 Å². The SMILES string of the molecule is N=C(Cl)C1(c2ccccn2)CCNCC1. The highest BCUT2D eigenvalue weighted by molar-refractivity contribution is 6.66. The first kappa shape index (κ1) is 10.6. The van der Waals surface area contributed by atoms with Crippen LogP contribution in [0.3, 0.4) is 0 Å². The van der Waals surface area contributed by atoms with Crippen molar-refractivity contribution in [1.82, 2.24) is 10.3 Å². The smallest absolute Gasteiger partial charge is 0.109 e. The van der Waals surface area contributed by atoms with Gasteiger partial charge in [0.15, 0.2) is 0 Å². The third kappa shape index (κ3) is 1.90. The largest absolute Gasteiger partial charge is 0.317 e. The summed E-state index contributed by atoms with van der Waals surface area (Å²) in [6.45, 7) is 1.79. The molecule has 0 bridgehead atoms. The molecule has 1 fully saturated rings. The molecule has 80 valence electrons. The van der Waals surface area contributed by atoms with Crippen molar-refractivity contribution < 1.29 is 0 Å². The number of hydrogen-bond donors (Lipinski definition) is 2. The molecule has 4 heteroatoms. The molecule has 2 heterocycles. The van der Waals surface area contributed by atoms with Gasteiger partial charge in [0.05, 0.1) is 11.1 Å². The molecule has 2 N–H and O–H groups in total. The number of halogens is 1. The average Bonchev–Trinajstić information content (AvgIpc) is 2.31. The molecule has 2 rings (SSSR count). The van der Waals surface area contributed by atoms with Crippen molar-refractivity contribution >= 4 is 16.8 Å². The Morgan fingerprint density at radius 1 is 1.40 bits per heavy atom. The van der Waals surface area contributed by atoms with E-state index in [2.05, 4.69) is 10.3 Å². The van der Waals surface area contributed by atoms with Crippen LogP contribution in [0.15, 0.2) is 24.4 Å². The molecule has 1 aromatic heterocycles. The summed E-state index contributed by atoms with van der Waals surface area (Å²) in [6.07, 6.45) is 3.47. The van der Waals surface area contributed by atoms with Gasteiger partial charge in [-0.15, -0.1) is 0 Å². The van der Waals surface area contributed by atoms with Gasteiger partial charge in [0.1, 0.15) is 5.17 Å². The van der Waals surface area contributed by atoms with Gasteiger partial charge in [-0.3, -0.25) is 10.4 Å². The standard InChI is InChI=1S/C11H14ClN3/c12-10(13)11(4-7-14-8-5-11)9-3-1-2-6-15-9/h1-3,6,13-14H,4-5,7-8H2. The molecular formula is C11H14ClN3. The third-order valence-electron chi connectivity index (χ3n) is 3.03. The first-order chi connectivity index (χ1) is 7.26. The highest BCUT2D eigenvalue weighted by Crippen LogP contribution is 2.34. The lowest BCUT2D eigenvalue weighted by atomic mass is 9.76. The van der Waals surface area contributed by atoms with Crippen molar-refractivity contribution in [2.75, 3.05) is 13.1 Å². The fourth-order valence-corrected chi connectivity index (χ4v) is 2.37. The summed E-state index contributed by atoms with van der Waals surface area (Å²) < 4.78 is 0. The van der Waals surface area contributed by atoms with E-state index < -0.39 is 0 Å². The number of nitrogens with zero attached hydrogens (tertiary/aromatic N) is 1. The van der Waals surface area contributed by atoms with E-state index >= 15 is 0 Å². The Kier molecular flexibility index (Phi) is 3.03. The minimum absolute atomic E-state index is 0.211. The molecule has 3 nitrogen and oxygen atoms in total. The van der Waals surface area contributed by atoms with Gasteiger partial charge in [0.25, 0.3) is 0 Å². The Morgan fingerprint density at radius 3 is 2.67 bits per heavy atom. The van der Waals surface area contributed by atoms with Crippen molar-refractivity contribution in [3.8, 4) is 0 Å². The highest BCUT2D eigenvalue weighted by atomic mass is 35.5. The summed E-state index contributed by atoms with van der Waals surface area (Å²) in [5, 5.41) is 11.3. The molecule has 1 saturated heterocycles. The molecule has 0 spiro atoms. The van der Waals surface area contributed by atoms with E-state index in [1.807, 2.05) is 18.2 Å². The first-order valence-corrected chi connectivity index (χ1v) is 5.50. The summed E-state index contributed by atoms with van der Waals surface area (Å²) in [5.74, 6) is 0. The van der Waals surface area contributed by atoms with Gasteiger partial charge in [-0.2, -0.15) is 0 Å². The van der Waals surface area contributed by atoms with Crippen LogP contribution < -0.4 is 5.32 Å². The van der Waals surface area contributed by atoms with E-state index in [9.17, 15) is 0 Å². The molecule has 0 atom stereocenters. The lowest BCUT2D eigenvalue weighted by molar-refractivity contribution is 0.391. The Hall–Kier alpha value is -0.930. The zero-order valence-electron chi connectivity index (χ0n) is 8.46. The number of rotatable bonds is 2. The quantitative estimate of drug-likeness (QED) is 0.753. The molecule has 1 aromatic rings. The molecule has 0 unspecified atom stereocenters. The van der Waals surface area contributed by atoms with Crippen LogP contribution in [-0.4, -0.2) is 23.2 Å². The second kappa shape index (κ2) is 4.29. The van der Waals surface area contributed by atoms with E-state index in [1.165, 1.54) is 0 Å². The molecular weight excluding hydrogens is 210 g/mol. The Bertz CT molecular complexity index is 344. The monoisotopic (exact) mass is 223 g/mol. The summed E-state index contributed by atoms with van der Waals surface area (Å²) in [6, 6.07) is 5.80. The third-order valence-corrected chi connectivity index (χ3v) is 3.39. The van der Waals surface area contributed by atoms with Gasteiger partial charge in [-0.1, -0.05) is 17.7 Å². The number of hydrogen-bond acceptors (Lipinski definition) is 3. The van der Waals surface area contributed by atoms with Crippen LogP contribution in [0.5, 0.6) is 0 Å². The van der Waals surface area contributed by atoms with Crippen LogP contribution in [-0.2, 0) is 5.41 Å². The molecule has 0 radical (unpaired) electrons. The summed E-state index contributed by atoms with van der Waals surface area (Å²) in [4.78, 5) is 4.34. The van der Waals surface area contributed by atoms with Crippen LogP contribution in [0.1, 0.15) is 18.5 Å². The fraction of sp³-hybridized carbons (Fsp3) is 0.455. The van der Waals surface area contributed by atoms with Crippen LogP contribution in [0.25, 0.3) is 0 Å². The van der Waals surface area contributed by atoms with Crippen molar-refractivity contribution in [2.45, 2.75) is 18.3 Å². The summed E-state index contributed by atoms with van der Waals surface area (Å²) >= 11 is 5.96. The minimum Gasteiger partial charge on any atom is -0.317 e. The zero-order chi connectivity index (χ0) is 10.7. The van der Waals surface area contributed by atoms with Gasteiger partial charge in [-0.05, 0) is 38.1 Å². The molecule has 15 heavy (non-hydrogen) atoms. The lowest BCUT2D eigenvalue weighted by Gasteiger charge is -2.35. The number of nitrogens with one attached hydrogen (secondary N) is 2. The van der Waals surface area contributed by atoms with Crippen molar-refractivity contribution in [3.05, 3.63) is 30.1 Å². The lowest BCUT2D eigenvalue weighted by Crippen LogP contribution is -2.44. The van der Waals surface area contributed by atoms with Crippen molar-refractivity contribution in [2.24, 2.45) is 0 Å². The molecule has 0 aliphatic carbocycles. The summed E-state index contributed by atoms with van der Waals surface area (Å²) in [5.41, 5.74) is 0.570. The van der Waals surface area contributed by atoms with Crippen LogP contribution in [0.2, 0.25) is 0 Å². The van der Waals surface area contributed by atoms with E-state index in [4.69, 9.17) is 17.0 Å². The molecule has 0 aromatic carbocycles. The van der Waals surface area contributed by atoms with Gasteiger partial charge in [0.2, 0.25) is 0 Å². The first-order valence-electron chi connectivity index (χ1n) is 5.12. The van der Waals surface area contributed by atoms with E-state index in [0.717, 1.165) is 31.6 Å². The van der Waals surface area contributed by atoms with E-state index in [1.54, 1.807) is 6.20 Å². The maximum absolute atomic E-state index is 7.77. The van der Waals surface area contributed by atoms with Crippen LogP contribution in [0, 0.1) is 5.41 Å². The second-order valence-corrected chi connectivity index (χ2v) is 4.24. The highest BCUT2D eigenvalue weighted by Gasteiger charge is 2.38. The molecule has 0 saturated carbocycles. The zero-order valence-corrected chi connectivity index (χ0v) is 9.22. The van der Waals surface area contributed by atoms with Gasteiger partial charge >= 0.3 is 0 Å². The van der Waals surface area contributed by atoms with Gasteiger partial charge in [0, 0.05) is 6.20 Å². The maximum atomic E-state index is 7.77. The van der Waals surface area contributed by atoms with Crippen LogP contribution in [0.4, 0.5) is 0 Å². The number of piperidine rings is 1. The maximum Gasteiger partial charge on any atom is 0.109 e. The predicted molar refractivity (Wildman–Crippen MR) is 61.6 cm³/mol. The topological polar surface area (TPSA) is 48.8 Å². The van der Waals surface area contributed by atoms with E-state index in [-0.39, 0.29) is 10.6 Å². The number of pyridine rings is 1. The minimum atomic E-state index is -0.353. The van der Waals surface area contributed by atoms with Crippen molar-refractivity contribution in [3.63, 3.8) is 0 Å². The van der Waals surface area contributed by atoms with E-state index in [0.29, 0.717) is 0 Å². The number of aromatic nitrogens is 1. The molecule has 1 aliphatic heterocycles. The summed E-state index contributed by atoms with van der Waals surface area (Å²) in [7, 11) is 0. The average molecular weight is 224 g/mol. The normalized spacial score (nSPS) is 19.8.